The summed E-state index contributed by atoms with van der Waals surface area (Å²) in [6, 6.07) is 10.7. The lowest BCUT2D eigenvalue weighted by Crippen LogP contribution is -2.42. The van der Waals surface area contributed by atoms with Crippen molar-refractivity contribution in [3.05, 3.63) is 52.7 Å². The Bertz CT molecular complexity index is 1260. The molecule has 3 aromatic rings. The van der Waals surface area contributed by atoms with Gasteiger partial charge in [-0.3, -0.25) is 9.56 Å². The Morgan fingerprint density at radius 2 is 1.97 bits per heavy atom. The number of aromatic amines is 1. The highest BCUT2D eigenvalue weighted by molar-refractivity contribution is 5.76. The summed E-state index contributed by atoms with van der Waals surface area (Å²) in [6.07, 6.45) is 5.91. The van der Waals surface area contributed by atoms with Crippen LogP contribution in [0.25, 0.3) is 16.7 Å². The molecule has 0 amide bonds. The van der Waals surface area contributed by atoms with Crippen LogP contribution in [0.5, 0.6) is 0 Å². The van der Waals surface area contributed by atoms with E-state index in [2.05, 4.69) is 36.6 Å². The number of hydrogen-bond donors (Lipinski definition) is 5. The maximum Gasteiger partial charge on any atom is 0.354 e. The SMILES string of the molecule is NC(N)=NCCC1CN(c2ccc(-n3cc4cc(CCNC5CCNCC5)[nH]c4nc3=O)cc2)CCO1. The number of fused-ring (bicyclic) bond motifs is 1. The first-order chi connectivity index (χ1) is 18.0. The van der Waals surface area contributed by atoms with Gasteiger partial charge in [-0.1, -0.05) is 0 Å². The van der Waals surface area contributed by atoms with Crippen molar-refractivity contribution in [2.75, 3.05) is 50.8 Å². The molecule has 0 aliphatic carbocycles. The van der Waals surface area contributed by atoms with Gasteiger partial charge in [0.25, 0.3) is 0 Å². The molecule has 0 spiro atoms. The number of H-pyrrole nitrogens is 1. The number of hydrogen-bond acceptors (Lipinski definition) is 7. The normalized spacial score (nSPS) is 18.8. The van der Waals surface area contributed by atoms with Crippen LogP contribution in [0.15, 0.2) is 46.3 Å². The van der Waals surface area contributed by atoms with Crippen LogP contribution in [0.2, 0.25) is 0 Å². The van der Waals surface area contributed by atoms with Crippen LogP contribution in [-0.2, 0) is 11.2 Å². The number of aliphatic imine (C=N–C) groups is 1. The van der Waals surface area contributed by atoms with Crippen molar-refractivity contribution in [3.8, 4) is 5.69 Å². The van der Waals surface area contributed by atoms with Crippen molar-refractivity contribution in [1.82, 2.24) is 25.2 Å². The maximum atomic E-state index is 12.8. The molecule has 4 heterocycles. The van der Waals surface area contributed by atoms with E-state index in [9.17, 15) is 4.79 Å². The summed E-state index contributed by atoms with van der Waals surface area (Å²) in [7, 11) is 0. The molecule has 2 aromatic heterocycles. The first kappa shape index (κ1) is 25.2. The summed E-state index contributed by atoms with van der Waals surface area (Å²) >= 11 is 0. The minimum absolute atomic E-state index is 0.0726. The van der Waals surface area contributed by atoms with E-state index in [0.717, 1.165) is 80.9 Å². The smallest absolute Gasteiger partial charge is 0.354 e. The minimum atomic E-state index is -0.298. The number of nitrogens with one attached hydrogen (secondary N) is 3. The molecule has 37 heavy (non-hydrogen) atoms. The highest BCUT2D eigenvalue weighted by Crippen LogP contribution is 2.21. The number of morpholine rings is 1. The summed E-state index contributed by atoms with van der Waals surface area (Å²) < 4.78 is 7.47. The van der Waals surface area contributed by atoms with E-state index in [1.54, 1.807) is 4.57 Å². The van der Waals surface area contributed by atoms with Gasteiger partial charge in [-0.05, 0) is 62.7 Å². The predicted molar refractivity (Wildman–Crippen MR) is 147 cm³/mol. The van der Waals surface area contributed by atoms with Gasteiger partial charge >= 0.3 is 5.69 Å². The van der Waals surface area contributed by atoms with Gasteiger partial charge in [-0.25, -0.2) is 4.79 Å². The van der Waals surface area contributed by atoms with E-state index in [-0.39, 0.29) is 17.8 Å². The van der Waals surface area contributed by atoms with E-state index in [1.807, 2.05) is 30.5 Å². The molecular formula is C26H37N9O2. The maximum absolute atomic E-state index is 12.8. The number of guanidine groups is 1. The fourth-order valence-corrected chi connectivity index (χ4v) is 5.10. The van der Waals surface area contributed by atoms with E-state index in [0.29, 0.717) is 24.8 Å². The van der Waals surface area contributed by atoms with Crippen LogP contribution in [0, 0.1) is 0 Å². The lowest BCUT2D eigenvalue weighted by atomic mass is 10.1. The number of ether oxygens (including phenoxy) is 1. The van der Waals surface area contributed by atoms with Gasteiger partial charge < -0.3 is 36.7 Å². The Balaban J connectivity index is 1.23. The Labute approximate surface area is 216 Å². The zero-order valence-corrected chi connectivity index (χ0v) is 21.2. The third kappa shape index (κ3) is 6.48. The van der Waals surface area contributed by atoms with Crippen LogP contribution in [0.4, 0.5) is 5.69 Å². The van der Waals surface area contributed by atoms with Gasteiger partial charge in [-0.15, -0.1) is 0 Å². The first-order valence-corrected chi connectivity index (χ1v) is 13.1. The summed E-state index contributed by atoms with van der Waals surface area (Å²) in [5, 5.41) is 7.96. The quantitative estimate of drug-likeness (QED) is 0.207. The molecule has 2 fully saturated rings. The van der Waals surface area contributed by atoms with Crippen molar-refractivity contribution in [2.45, 2.75) is 37.8 Å². The van der Waals surface area contributed by atoms with Crippen LogP contribution < -0.4 is 32.7 Å². The molecule has 0 bridgehead atoms. The zero-order chi connectivity index (χ0) is 25.6. The average molecular weight is 508 g/mol. The number of rotatable bonds is 9. The van der Waals surface area contributed by atoms with Gasteiger partial charge in [0, 0.05) is 61.6 Å². The molecule has 5 rings (SSSR count). The summed E-state index contributed by atoms with van der Waals surface area (Å²) in [4.78, 5) is 26.8. The highest BCUT2D eigenvalue weighted by Gasteiger charge is 2.20. The van der Waals surface area contributed by atoms with Gasteiger partial charge in [0.15, 0.2) is 5.96 Å². The van der Waals surface area contributed by atoms with Gasteiger partial charge in [0.05, 0.1) is 18.4 Å². The number of benzene rings is 1. The van der Waals surface area contributed by atoms with Gasteiger partial charge in [0.2, 0.25) is 0 Å². The minimum Gasteiger partial charge on any atom is -0.374 e. The van der Waals surface area contributed by atoms with Gasteiger partial charge in [-0.2, -0.15) is 4.98 Å². The highest BCUT2D eigenvalue weighted by atomic mass is 16.5. The number of piperidine rings is 1. The second kappa shape index (κ2) is 11.8. The summed E-state index contributed by atoms with van der Waals surface area (Å²) in [5.74, 6) is 0.103. The fourth-order valence-electron chi connectivity index (χ4n) is 5.10. The molecule has 0 saturated carbocycles. The van der Waals surface area contributed by atoms with E-state index < -0.39 is 0 Å². The lowest BCUT2D eigenvalue weighted by molar-refractivity contribution is 0.0369. The molecule has 7 N–H and O–H groups in total. The number of nitrogens with zero attached hydrogens (tertiary/aromatic N) is 4. The van der Waals surface area contributed by atoms with Crippen molar-refractivity contribution in [3.63, 3.8) is 0 Å². The van der Waals surface area contributed by atoms with Gasteiger partial charge in [0.1, 0.15) is 5.65 Å². The van der Waals surface area contributed by atoms with Crippen LogP contribution in [0.3, 0.4) is 0 Å². The predicted octanol–water partition coefficient (Wildman–Crippen LogP) is 0.467. The second-order valence-corrected chi connectivity index (χ2v) is 9.77. The fraction of sp³-hybridized carbons (Fsp3) is 0.500. The monoisotopic (exact) mass is 507 g/mol. The molecule has 1 aromatic carbocycles. The Morgan fingerprint density at radius 1 is 1.19 bits per heavy atom. The van der Waals surface area contributed by atoms with E-state index >= 15 is 0 Å². The molecule has 198 valence electrons. The third-order valence-electron chi connectivity index (χ3n) is 7.11. The van der Waals surface area contributed by atoms with Crippen LogP contribution in [-0.4, -0.2) is 78.5 Å². The topological polar surface area (TPSA) is 152 Å². The number of anilines is 1. The van der Waals surface area contributed by atoms with Crippen molar-refractivity contribution in [1.29, 1.82) is 0 Å². The average Bonchev–Trinajstić information content (AvgIpc) is 3.30. The van der Waals surface area contributed by atoms with Crippen molar-refractivity contribution in [2.24, 2.45) is 16.5 Å². The molecule has 2 saturated heterocycles. The standard InChI is InChI=1S/C26H37N9O2/c27-25(28)31-12-8-23-17-34(13-14-37-23)21-1-3-22(4-2-21)35-16-18-15-20(32-24(18)33-26(35)36)7-11-30-19-5-9-29-10-6-19/h1-4,15-16,19,23,29-30H,5-14,17H2,(H4,27,28,31)(H,32,33,36). The zero-order valence-electron chi connectivity index (χ0n) is 21.2. The molecule has 2 aliphatic heterocycles. The number of aromatic nitrogens is 3. The van der Waals surface area contributed by atoms with Crippen molar-refractivity contribution < 1.29 is 4.74 Å². The summed E-state index contributed by atoms with van der Waals surface area (Å²) in [5.41, 5.74) is 14.1. The molecular weight excluding hydrogens is 470 g/mol. The van der Waals surface area contributed by atoms with Crippen molar-refractivity contribution >= 4 is 22.7 Å². The summed E-state index contributed by atoms with van der Waals surface area (Å²) in [6.45, 7) is 5.84. The molecule has 2 aliphatic rings. The number of nitrogens with two attached hydrogens (primary N) is 2. The van der Waals surface area contributed by atoms with Crippen LogP contribution >= 0.6 is 0 Å². The Morgan fingerprint density at radius 3 is 2.76 bits per heavy atom. The largest absolute Gasteiger partial charge is 0.374 e. The Kier molecular flexibility index (Phi) is 8.02. The first-order valence-electron chi connectivity index (χ1n) is 13.1. The molecule has 11 nitrogen and oxygen atoms in total. The second-order valence-electron chi connectivity index (χ2n) is 9.77. The third-order valence-corrected chi connectivity index (χ3v) is 7.11. The molecule has 11 heteroatoms. The van der Waals surface area contributed by atoms with E-state index in [4.69, 9.17) is 16.2 Å². The molecule has 1 unspecified atom stereocenters. The molecule has 0 radical (unpaired) electrons. The lowest BCUT2D eigenvalue weighted by Gasteiger charge is -2.34. The van der Waals surface area contributed by atoms with E-state index in [1.165, 1.54) is 0 Å². The van der Waals surface area contributed by atoms with Crippen LogP contribution in [0.1, 0.15) is 25.0 Å². The molecule has 1 atom stereocenters. The Hall–Kier alpha value is -3.41.